The van der Waals surface area contributed by atoms with Gasteiger partial charge in [0, 0.05) is 50.7 Å². The van der Waals surface area contributed by atoms with E-state index in [1.807, 2.05) is 24.3 Å². The van der Waals surface area contributed by atoms with Crippen molar-refractivity contribution >= 4 is 46.1 Å². The van der Waals surface area contributed by atoms with Crippen molar-refractivity contribution in [3.05, 3.63) is 242 Å². The molecule has 0 amide bonds. The minimum atomic E-state index is -0.123. The molecule has 306 valence electrons. The van der Waals surface area contributed by atoms with Crippen molar-refractivity contribution in [2.75, 3.05) is 9.80 Å². The third kappa shape index (κ3) is 7.86. The monoisotopic (exact) mass is 816 g/mol. The number of benzene rings is 7. The van der Waals surface area contributed by atoms with Crippen LogP contribution in [-0.2, 0) is 0 Å². The van der Waals surface area contributed by atoms with Crippen molar-refractivity contribution in [3.8, 4) is 39.5 Å². The van der Waals surface area contributed by atoms with Gasteiger partial charge in [0.2, 0.25) is 0 Å². The van der Waals surface area contributed by atoms with Gasteiger partial charge >= 0.3 is 0 Å². The lowest BCUT2D eigenvalue weighted by atomic mass is 9.33. The van der Waals surface area contributed by atoms with Crippen molar-refractivity contribution in [1.82, 2.24) is 0 Å². The van der Waals surface area contributed by atoms with E-state index in [-0.39, 0.29) is 6.71 Å². The first-order chi connectivity index (χ1) is 31.0. The number of rotatable bonds is 12. The fraction of sp³-hybridized carbons (Fsp3) is 0.0690. The maximum atomic E-state index is 7.03. The normalized spacial score (nSPS) is 14.1. The predicted molar refractivity (Wildman–Crippen MR) is 267 cm³/mol. The Morgan fingerprint density at radius 3 is 1.84 bits per heavy atom. The number of hydrogen-bond donors (Lipinski definition) is 0. The summed E-state index contributed by atoms with van der Waals surface area (Å²) in [7, 11) is 0. The summed E-state index contributed by atoms with van der Waals surface area (Å²) in [6.45, 7) is 14.3. The average molecular weight is 817 g/mol. The van der Waals surface area contributed by atoms with Crippen LogP contribution in [0.2, 0.25) is 0 Å². The van der Waals surface area contributed by atoms with Crippen molar-refractivity contribution in [2.45, 2.75) is 27.2 Å². The van der Waals surface area contributed by atoms with E-state index in [1.54, 1.807) is 6.08 Å². The fourth-order valence-corrected chi connectivity index (χ4v) is 8.80. The molecule has 2 heterocycles. The van der Waals surface area contributed by atoms with Gasteiger partial charge in [0.05, 0.1) is 0 Å². The summed E-state index contributed by atoms with van der Waals surface area (Å²) >= 11 is 0. The second-order valence-electron chi connectivity index (χ2n) is 15.6. The van der Waals surface area contributed by atoms with Crippen molar-refractivity contribution < 1.29 is 9.47 Å². The molecule has 5 heteroatoms. The van der Waals surface area contributed by atoms with Crippen LogP contribution in [0, 0.1) is 6.92 Å². The number of hydrogen-bond acceptors (Lipinski definition) is 4. The number of allylic oxidation sites excluding steroid dienone is 8. The van der Waals surface area contributed by atoms with Crippen LogP contribution in [0.25, 0.3) is 22.3 Å². The molecule has 63 heavy (non-hydrogen) atoms. The largest absolute Gasteiger partial charge is 0.458 e. The van der Waals surface area contributed by atoms with E-state index in [9.17, 15) is 0 Å². The standard InChI is InChI=1S/C58H49BN2O2/c1-6-10-23-44(20-7-2)60(45-24-13-11-14-25-45)47-35-31-42(32-36-47)51-40-50(43-33-37-48(38-34-43)61(46-26-15-12-16-27-46)49-28-19-22-41(5)39-49)57-56-58(51)63-55-30-18-17-29-53(55)59(56)52(9-4)54(62-57)21-8-3/h7-40H,2-3,6H2,1,4-5H3/b23-10-,44-20+,52-9+,54-21+. The first-order valence-corrected chi connectivity index (χ1v) is 21.6. The molecule has 0 spiro atoms. The molecule has 0 saturated heterocycles. The van der Waals surface area contributed by atoms with Crippen LogP contribution >= 0.6 is 0 Å². The van der Waals surface area contributed by atoms with E-state index >= 15 is 0 Å². The molecule has 7 aromatic rings. The highest BCUT2D eigenvalue weighted by molar-refractivity contribution is 6.94. The van der Waals surface area contributed by atoms with E-state index in [1.165, 1.54) is 5.56 Å². The molecular formula is C58H49BN2O2. The molecule has 0 unspecified atom stereocenters. The third-order valence-corrected chi connectivity index (χ3v) is 11.6. The summed E-state index contributed by atoms with van der Waals surface area (Å²) < 4.78 is 14.0. The molecule has 0 aromatic heterocycles. The lowest BCUT2D eigenvalue weighted by Gasteiger charge is -2.36. The maximum absolute atomic E-state index is 7.03. The molecule has 0 radical (unpaired) electrons. The molecule has 0 atom stereocenters. The number of ether oxygens (including phenoxy) is 2. The average Bonchev–Trinajstić information content (AvgIpc) is 3.32. The van der Waals surface area contributed by atoms with E-state index in [2.05, 4.69) is 220 Å². The summed E-state index contributed by atoms with van der Waals surface area (Å²) in [6.07, 6.45) is 15.1. The van der Waals surface area contributed by atoms with Gasteiger partial charge in [0.15, 0.2) is 0 Å². The van der Waals surface area contributed by atoms with Crippen LogP contribution in [0.1, 0.15) is 25.8 Å². The van der Waals surface area contributed by atoms with Gasteiger partial charge in [-0.1, -0.05) is 135 Å². The Morgan fingerprint density at radius 2 is 1.21 bits per heavy atom. The Balaban J connectivity index is 1.24. The van der Waals surface area contributed by atoms with Gasteiger partial charge in [-0.2, -0.15) is 0 Å². The van der Waals surface area contributed by atoms with Crippen LogP contribution in [-0.4, -0.2) is 6.71 Å². The molecule has 7 aromatic carbocycles. The molecule has 2 aliphatic heterocycles. The first-order valence-electron chi connectivity index (χ1n) is 21.6. The summed E-state index contributed by atoms with van der Waals surface area (Å²) in [5.41, 5.74) is 14.8. The highest BCUT2D eigenvalue weighted by Gasteiger charge is 2.43. The van der Waals surface area contributed by atoms with Gasteiger partial charge in [-0.25, -0.2) is 0 Å². The Labute approximate surface area is 372 Å². The maximum Gasteiger partial charge on any atom is 0.260 e. The number of aryl methyl sites for hydroxylation is 1. The Bertz CT molecular complexity index is 2930. The number of fused-ring (bicyclic) bond motifs is 2. The first kappa shape index (κ1) is 40.6. The second-order valence-corrected chi connectivity index (χ2v) is 15.6. The van der Waals surface area contributed by atoms with Gasteiger partial charge in [0.1, 0.15) is 23.0 Å². The minimum absolute atomic E-state index is 0.123. The zero-order valence-electron chi connectivity index (χ0n) is 36.0. The Kier molecular flexibility index (Phi) is 11.7. The molecule has 0 fully saturated rings. The van der Waals surface area contributed by atoms with Gasteiger partial charge in [0.25, 0.3) is 6.71 Å². The zero-order valence-corrected chi connectivity index (χ0v) is 36.0. The van der Waals surface area contributed by atoms with Gasteiger partial charge in [-0.05, 0) is 139 Å². The van der Waals surface area contributed by atoms with Crippen LogP contribution in [0.4, 0.5) is 28.4 Å². The third-order valence-electron chi connectivity index (χ3n) is 11.6. The number of para-hydroxylation sites is 3. The quantitative estimate of drug-likeness (QED) is 0.0906. The minimum Gasteiger partial charge on any atom is -0.458 e. The highest BCUT2D eigenvalue weighted by atomic mass is 16.5. The number of nitrogens with zero attached hydrogens (tertiary/aromatic N) is 2. The zero-order chi connectivity index (χ0) is 43.3. The molecule has 0 N–H and O–H groups in total. The van der Waals surface area contributed by atoms with E-state index < -0.39 is 0 Å². The Morgan fingerprint density at radius 1 is 0.619 bits per heavy atom. The molecule has 4 nitrogen and oxygen atoms in total. The predicted octanol–water partition coefficient (Wildman–Crippen LogP) is 14.6. The molecule has 2 aliphatic rings. The summed E-state index contributed by atoms with van der Waals surface area (Å²) in [5, 5.41) is 0. The highest BCUT2D eigenvalue weighted by Crippen LogP contribution is 2.48. The van der Waals surface area contributed by atoms with E-state index in [0.717, 1.165) is 102 Å². The van der Waals surface area contributed by atoms with Gasteiger partial charge in [-0.3, -0.25) is 0 Å². The van der Waals surface area contributed by atoms with E-state index in [4.69, 9.17) is 9.47 Å². The van der Waals surface area contributed by atoms with Crippen molar-refractivity contribution in [1.29, 1.82) is 0 Å². The van der Waals surface area contributed by atoms with Crippen LogP contribution in [0.3, 0.4) is 0 Å². The van der Waals surface area contributed by atoms with Crippen molar-refractivity contribution in [3.63, 3.8) is 0 Å². The summed E-state index contributed by atoms with van der Waals surface area (Å²) in [6, 6.07) is 57.8. The molecule has 0 aliphatic carbocycles. The lowest BCUT2D eigenvalue weighted by Crippen LogP contribution is -2.52. The topological polar surface area (TPSA) is 24.9 Å². The molecule has 9 rings (SSSR count). The number of anilines is 5. The summed E-state index contributed by atoms with van der Waals surface area (Å²) in [4.78, 5) is 4.56. The second kappa shape index (κ2) is 18.1. The SMILES string of the molecule is C=C/C=C1/Oc2c(-c3ccc(N(c4ccccc4)c4cccc(C)c4)cc3)cc(-c3ccc(N(C(/C=C\CC)=C/C=C)c4ccccc4)cc3)c3c2B(/C1=C/C)c1ccccc1O3. The van der Waals surface area contributed by atoms with Crippen LogP contribution in [0.5, 0.6) is 17.2 Å². The van der Waals surface area contributed by atoms with Crippen LogP contribution < -0.4 is 30.2 Å². The molecule has 0 saturated carbocycles. The van der Waals surface area contributed by atoms with Crippen LogP contribution in [0.15, 0.2) is 236 Å². The lowest BCUT2D eigenvalue weighted by molar-refractivity contribution is 0.433. The van der Waals surface area contributed by atoms with E-state index in [0.29, 0.717) is 0 Å². The van der Waals surface area contributed by atoms with Gasteiger partial charge < -0.3 is 19.3 Å². The van der Waals surface area contributed by atoms with Gasteiger partial charge in [-0.15, -0.1) is 0 Å². The smallest absolute Gasteiger partial charge is 0.260 e. The molecular weight excluding hydrogens is 767 g/mol. The molecule has 0 bridgehead atoms. The Hall–Kier alpha value is -7.76. The fourth-order valence-electron chi connectivity index (χ4n) is 8.80. The van der Waals surface area contributed by atoms with Crippen molar-refractivity contribution in [2.24, 2.45) is 0 Å². The summed E-state index contributed by atoms with van der Waals surface area (Å²) in [5.74, 6) is 3.20.